The normalized spacial score (nSPS) is 16.1. The molecule has 3 aromatic heterocycles. The number of rotatable bonds is 4. The highest BCUT2D eigenvalue weighted by Gasteiger charge is 2.31. The number of hydrogen-bond acceptors (Lipinski definition) is 7. The van der Waals surface area contributed by atoms with Crippen LogP contribution in [0.3, 0.4) is 0 Å². The van der Waals surface area contributed by atoms with Crippen molar-refractivity contribution in [3.05, 3.63) is 57.7 Å². The summed E-state index contributed by atoms with van der Waals surface area (Å²) < 4.78 is 0. The summed E-state index contributed by atoms with van der Waals surface area (Å²) in [5.41, 5.74) is 2.31. The van der Waals surface area contributed by atoms with E-state index in [0.717, 1.165) is 49.5 Å². The molecule has 1 aliphatic carbocycles. The molecule has 1 fully saturated rings. The first-order valence-corrected chi connectivity index (χ1v) is 12.2. The zero-order valence-electron chi connectivity index (χ0n) is 17.0. The number of carbonyl (C=O) groups is 2. The molecule has 0 bridgehead atoms. The number of fused-ring (bicyclic) bond motifs is 1. The summed E-state index contributed by atoms with van der Waals surface area (Å²) in [7, 11) is 0. The third-order valence-corrected chi connectivity index (χ3v) is 7.83. The van der Waals surface area contributed by atoms with Gasteiger partial charge in [0.05, 0.1) is 11.1 Å². The first kappa shape index (κ1) is 20.1. The Balaban J connectivity index is 1.38. The van der Waals surface area contributed by atoms with Crippen molar-refractivity contribution in [2.45, 2.75) is 25.7 Å². The van der Waals surface area contributed by atoms with Crippen LogP contribution in [-0.4, -0.2) is 52.9 Å². The van der Waals surface area contributed by atoms with E-state index in [0.29, 0.717) is 29.2 Å². The minimum Gasteiger partial charge on any atom is -0.345 e. The Kier molecular flexibility index (Phi) is 5.69. The van der Waals surface area contributed by atoms with Gasteiger partial charge in [0.2, 0.25) is 0 Å². The summed E-state index contributed by atoms with van der Waals surface area (Å²) in [6.07, 6.45) is 9.08. The van der Waals surface area contributed by atoms with Gasteiger partial charge in [-0.05, 0) is 43.4 Å². The molecule has 31 heavy (non-hydrogen) atoms. The van der Waals surface area contributed by atoms with Gasteiger partial charge in [0, 0.05) is 55.0 Å². The predicted octanol–water partition coefficient (Wildman–Crippen LogP) is 3.69. The van der Waals surface area contributed by atoms with Crippen LogP contribution in [-0.2, 0) is 12.8 Å². The quantitative estimate of drug-likeness (QED) is 0.652. The fraction of sp³-hybridized carbons (Fsp3) is 0.364. The number of nitrogens with one attached hydrogen (secondary N) is 1. The Morgan fingerprint density at radius 3 is 2.65 bits per heavy atom. The van der Waals surface area contributed by atoms with Crippen molar-refractivity contribution >= 4 is 44.6 Å². The molecule has 0 spiro atoms. The van der Waals surface area contributed by atoms with Crippen molar-refractivity contribution in [1.29, 1.82) is 0 Å². The highest BCUT2D eigenvalue weighted by molar-refractivity contribution is 7.17. The molecule has 0 radical (unpaired) electrons. The van der Waals surface area contributed by atoms with Crippen LogP contribution in [0.15, 0.2) is 36.1 Å². The van der Waals surface area contributed by atoms with Gasteiger partial charge in [0.15, 0.2) is 5.13 Å². The second kappa shape index (κ2) is 8.76. The van der Waals surface area contributed by atoms with E-state index >= 15 is 0 Å². The maximum absolute atomic E-state index is 13.6. The molecule has 0 unspecified atom stereocenters. The van der Waals surface area contributed by atoms with Crippen LogP contribution in [0.4, 0.5) is 10.1 Å². The standard InChI is InChI=1S/C22H23N5O2S2/c28-19(15-4-3-7-23-14-15)25-20-18(16-5-1-2-6-17(16)31-20)21(29)26-9-11-27(12-10-26)22-24-8-13-30-22/h3-4,7-8,13-14H,1-2,5-6,9-12H2,(H,25,28). The molecule has 0 aromatic carbocycles. The SMILES string of the molecule is O=C(Nc1sc2c(c1C(=O)N1CCN(c3nccs3)CC1)CCCC2)c1cccnc1. The first-order chi connectivity index (χ1) is 15.2. The van der Waals surface area contributed by atoms with Crippen molar-refractivity contribution in [1.82, 2.24) is 14.9 Å². The van der Waals surface area contributed by atoms with Gasteiger partial charge in [-0.3, -0.25) is 14.6 Å². The maximum Gasteiger partial charge on any atom is 0.257 e. The van der Waals surface area contributed by atoms with Crippen LogP contribution < -0.4 is 10.2 Å². The summed E-state index contributed by atoms with van der Waals surface area (Å²) in [6.45, 7) is 2.84. The van der Waals surface area contributed by atoms with E-state index in [2.05, 4.69) is 20.2 Å². The van der Waals surface area contributed by atoms with Crippen molar-refractivity contribution < 1.29 is 9.59 Å². The molecule has 9 heteroatoms. The Hall–Kier alpha value is -2.78. The van der Waals surface area contributed by atoms with Gasteiger partial charge in [-0.25, -0.2) is 4.98 Å². The minimum atomic E-state index is -0.227. The van der Waals surface area contributed by atoms with Gasteiger partial charge in [-0.1, -0.05) is 0 Å². The maximum atomic E-state index is 13.6. The van der Waals surface area contributed by atoms with Crippen molar-refractivity contribution in [2.24, 2.45) is 0 Å². The number of aromatic nitrogens is 2. The van der Waals surface area contributed by atoms with Crippen LogP contribution in [0, 0.1) is 0 Å². The summed E-state index contributed by atoms with van der Waals surface area (Å²) in [5.74, 6) is -0.200. The van der Waals surface area contributed by atoms with E-state index in [9.17, 15) is 9.59 Å². The molecule has 3 aromatic rings. The molecule has 2 aliphatic rings. The molecule has 4 heterocycles. The number of pyridine rings is 1. The zero-order chi connectivity index (χ0) is 21.2. The Bertz CT molecular complexity index is 1070. The number of anilines is 2. The van der Waals surface area contributed by atoms with Gasteiger partial charge in [0.25, 0.3) is 11.8 Å². The van der Waals surface area contributed by atoms with Gasteiger partial charge >= 0.3 is 0 Å². The number of hydrogen-bond donors (Lipinski definition) is 1. The van der Waals surface area contributed by atoms with E-state index in [1.807, 2.05) is 16.5 Å². The minimum absolute atomic E-state index is 0.0275. The number of piperazine rings is 1. The molecule has 1 N–H and O–H groups in total. The summed E-state index contributed by atoms with van der Waals surface area (Å²) in [5, 5.41) is 6.66. The molecule has 160 valence electrons. The monoisotopic (exact) mass is 453 g/mol. The van der Waals surface area contributed by atoms with E-state index in [1.165, 1.54) is 4.88 Å². The Morgan fingerprint density at radius 2 is 1.90 bits per heavy atom. The largest absolute Gasteiger partial charge is 0.345 e. The fourth-order valence-corrected chi connectivity index (χ4v) is 6.16. The van der Waals surface area contributed by atoms with Crippen LogP contribution in [0.25, 0.3) is 0 Å². The van der Waals surface area contributed by atoms with Gasteiger partial charge in [-0.15, -0.1) is 22.7 Å². The molecule has 2 amide bonds. The highest BCUT2D eigenvalue weighted by atomic mass is 32.1. The second-order valence-electron chi connectivity index (χ2n) is 7.70. The number of nitrogens with zero attached hydrogens (tertiary/aromatic N) is 4. The molecule has 5 rings (SSSR count). The summed E-state index contributed by atoms with van der Waals surface area (Å²) in [4.78, 5) is 40.2. The molecular weight excluding hydrogens is 430 g/mol. The molecule has 0 saturated carbocycles. The average molecular weight is 454 g/mol. The molecule has 1 saturated heterocycles. The van der Waals surface area contributed by atoms with E-state index in [4.69, 9.17) is 0 Å². The highest BCUT2D eigenvalue weighted by Crippen LogP contribution is 2.39. The van der Waals surface area contributed by atoms with Crippen LogP contribution in [0.1, 0.15) is 44.0 Å². The summed E-state index contributed by atoms with van der Waals surface area (Å²) in [6, 6.07) is 3.47. The lowest BCUT2D eigenvalue weighted by Gasteiger charge is -2.35. The van der Waals surface area contributed by atoms with Crippen LogP contribution in [0.2, 0.25) is 0 Å². The van der Waals surface area contributed by atoms with Crippen LogP contribution in [0.5, 0.6) is 0 Å². The Morgan fingerprint density at radius 1 is 1.06 bits per heavy atom. The lowest BCUT2D eigenvalue weighted by Crippen LogP contribution is -2.49. The lowest BCUT2D eigenvalue weighted by atomic mass is 9.95. The molecule has 1 aliphatic heterocycles. The van der Waals surface area contributed by atoms with E-state index in [-0.39, 0.29) is 11.8 Å². The van der Waals surface area contributed by atoms with E-state index in [1.54, 1.807) is 47.2 Å². The predicted molar refractivity (Wildman–Crippen MR) is 123 cm³/mol. The number of aryl methyl sites for hydroxylation is 1. The smallest absolute Gasteiger partial charge is 0.257 e. The number of thiophene rings is 1. The second-order valence-corrected chi connectivity index (χ2v) is 9.68. The first-order valence-electron chi connectivity index (χ1n) is 10.5. The van der Waals surface area contributed by atoms with Crippen molar-refractivity contribution in [3.8, 4) is 0 Å². The molecular formula is C22H23N5O2S2. The topological polar surface area (TPSA) is 78.4 Å². The van der Waals surface area contributed by atoms with Gasteiger partial charge < -0.3 is 15.1 Å². The van der Waals surface area contributed by atoms with Crippen molar-refractivity contribution in [2.75, 3.05) is 36.4 Å². The van der Waals surface area contributed by atoms with Crippen molar-refractivity contribution in [3.63, 3.8) is 0 Å². The fourth-order valence-electron chi connectivity index (χ4n) is 4.18. The average Bonchev–Trinajstić information content (AvgIpc) is 3.47. The Labute approximate surface area is 188 Å². The lowest BCUT2D eigenvalue weighted by molar-refractivity contribution is 0.0747. The third kappa shape index (κ3) is 4.07. The van der Waals surface area contributed by atoms with Gasteiger partial charge in [0.1, 0.15) is 5.00 Å². The van der Waals surface area contributed by atoms with Gasteiger partial charge in [-0.2, -0.15) is 0 Å². The summed E-state index contributed by atoms with van der Waals surface area (Å²) >= 11 is 3.18. The number of amides is 2. The zero-order valence-corrected chi connectivity index (χ0v) is 18.7. The molecule has 0 atom stereocenters. The van der Waals surface area contributed by atoms with Crippen LogP contribution >= 0.6 is 22.7 Å². The van der Waals surface area contributed by atoms with E-state index < -0.39 is 0 Å². The number of thiazole rings is 1. The molecule has 7 nitrogen and oxygen atoms in total. The number of carbonyl (C=O) groups excluding carboxylic acids is 2. The third-order valence-electron chi connectivity index (χ3n) is 5.79.